The number of nitriles is 1. The van der Waals surface area contributed by atoms with Crippen molar-refractivity contribution in [2.24, 2.45) is 4.36 Å². The fraction of sp³-hybridized carbons (Fsp3) is 0.231. The monoisotopic (exact) mass is 461 g/mol. The molecule has 0 fully saturated rings. The summed E-state index contributed by atoms with van der Waals surface area (Å²) in [6, 6.07) is 18.0. The maximum absolute atomic E-state index is 12.1. The summed E-state index contributed by atoms with van der Waals surface area (Å²) in [5.74, 6) is -0.238. The predicted octanol–water partition coefficient (Wildman–Crippen LogP) is 5.66. The lowest BCUT2D eigenvalue weighted by Crippen LogP contribution is -2.15. The molecule has 6 nitrogen and oxygen atoms in total. The topological polar surface area (TPSA) is 99.4 Å². The summed E-state index contributed by atoms with van der Waals surface area (Å²) >= 11 is 0. The van der Waals surface area contributed by atoms with E-state index in [1.807, 2.05) is 6.07 Å². The lowest BCUT2D eigenvalue weighted by atomic mass is 10.0. The van der Waals surface area contributed by atoms with Crippen LogP contribution in [0.4, 0.5) is 11.4 Å². The Balaban J connectivity index is 0.000000321. The lowest BCUT2D eigenvalue weighted by molar-refractivity contribution is -0.115. The molecule has 0 aliphatic rings. The first-order valence-electron chi connectivity index (χ1n) is 10.3. The Bertz CT molecular complexity index is 1280. The third-order valence-corrected chi connectivity index (χ3v) is 5.59. The van der Waals surface area contributed by atoms with Crippen LogP contribution < -0.4 is 5.32 Å². The van der Waals surface area contributed by atoms with E-state index in [1.54, 1.807) is 43.3 Å². The molecule has 0 saturated heterocycles. The Morgan fingerprint density at radius 3 is 1.88 bits per heavy atom. The molecule has 1 amide bonds. The summed E-state index contributed by atoms with van der Waals surface area (Å²) in [5.41, 5.74) is 8.43. The smallest absolute Gasteiger partial charge is 0.316 e. The second-order valence-electron chi connectivity index (χ2n) is 7.86. The highest BCUT2D eigenvalue weighted by molar-refractivity contribution is 7.61. The molecule has 3 aromatic rings. The quantitative estimate of drug-likeness (QED) is 0.542. The molecule has 3 aromatic carbocycles. The minimum atomic E-state index is -2.54. The van der Waals surface area contributed by atoms with Crippen molar-refractivity contribution in [3.63, 3.8) is 0 Å². The number of benzene rings is 3. The van der Waals surface area contributed by atoms with Crippen molar-refractivity contribution in [2.75, 3.05) is 5.32 Å². The van der Waals surface area contributed by atoms with Crippen LogP contribution in [0.1, 0.15) is 38.9 Å². The molecular weight excluding hydrogens is 434 g/mol. The average molecular weight is 462 g/mol. The van der Waals surface area contributed by atoms with Gasteiger partial charge in [0, 0.05) is 5.69 Å². The van der Waals surface area contributed by atoms with E-state index in [1.165, 1.54) is 28.3 Å². The number of hydrogen-bond acceptors (Lipinski definition) is 5. The van der Waals surface area contributed by atoms with Gasteiger partial charge in [-0.15, -0.1) is 4.36 Å². The number of aryl methyl sites for hydroxylation is 5. The van der Waals surface area contributed by atoms with E-state index in [0.717, 1.165) is 11.1 Å². The van der Waals surface area contributed by atoms with Crippen molar-refractivity contribution in [3.05, 3.63) is 93.5 Å². The molecule has 0 aliphatic heterocycles. The molecule has 7 heteroatoms. The molecule has 1 N–H and O–H groups in total. The van der Waals surface area contributed by atoms with Crippen molar-refractivity contribution < 1.29 is 13.2 Å². The van der Waals surface area contributed by atoms with Crippen LogP contribution in [0.3, 0.4) is 0 Å². The molecule has 0 unspecified atom stereocenters. The van der Waals surface area contributed by atoms with Crippen LogP contribution in [0.5, 0.6) is 0 Å². The Labute approximate surface area is 196 Å². The minimum absolute atomic E-state index is 0.153. The van der Waals surface area contributed by atoms with Gasteiger partial charge in [-0.25, -0.2) is 0 Å². The molecule has 0 aromatic heterocycles. The number of rotatable bonds is 4. The van der Waals surface area contributed by atoms with E-state index >= 15 is 0 Å². The summed E-state index contributed by atoms with van der Waals surface area (Å²) in [6.45, 7) is 10.4. The van der Waals surface area contributed by atoms with E-state index in [4.69, 9.17) is 5.26 Å². The van der Waals surface area contributed by atoms with E-state index in [0.29, 0.717) is 11.3 Å². The molecule has 170 valence electrons. The average Bonchev–Trinajstić information content (AvgIpc) is 2.75. The van der Waals surface area contributed by atoms with Crippen molar-refractivity contribution >= 4 is 27.8 Å². The number of hydrogen-bond donors (Lipinski definition) is 1. The molecule has 3 rings (SSSR count). The first-order valence-corrected chi connectivity index (χ1v) is 11.4. The Kier molecular flexibility index (Phi) is 9.08. The van der Waals surface area contributed by atoms with Gasteiger partial charge in [-0.1, -0.05) is 30.3 Å². The molecule has 0 saturated carbocycles. The van der Waals surface area contributed by atoms with E-state index in [2.05, 4.69) is 49.5 Å². The first kappa shape index (κ1) is 25.5. The molecule has 0 bridgehead atoms. The Hall–Kier alpha value is -3.76. The van der Waals surface area contributed by atoms with Crippen molar-refractivity contribution in [2.45, 2.75) is 41.0 Å². The van der Waals surface area contributed by atoms with Crippen molar-refractivity contribution in [3.8, 4) is 6.07 Å². The normalized spacial score (nSPS) is 9.82. The fourth-order valence-electron chi connectivity index (χ4n) is 3.07. The molecular formula is C26H27N3O3S. The van der Waals surface area contributed by atoms with Gasteiger partial charge in [-0.3, -0.25) is 4.79 Å². The van der Waals surface area contributed by atoms with Crippen LogP contribution in [0.2, 0.25) is 0 Å². The van der Waals surface area contributed by atoms with Gasteiger partial charge in [0.2, 0.25) is 5.91 Å². The van der Waals surface area contributed by atoms with E-state index in [9.17, 15) is 13.2 Å². The number of carbonyl (C=O) groups is 1. The van der Waals surface area contributed by atoms with Gasteiger partial charge >= 0.3 is 10.5 Å². The van der Waals surface area contributed by atoms with Gasteiger partial charge in [0.15, 0.2) is 0 Å². The van der Waals surface area contributed by atoms with Gasteiger partial charge in [0.25, 0.3) is 0 Å². The molecule has 0 aliphatic carbocycles. The van der Waals surface area contributed by atoms with Gasteiger partial charge in [0.1, 0.15) is 0 Å². The lowest BCUT2D eigenvalue weighted by Gasteiger charge is -2.09. The molecule has 0 heterocycles. The molecule has 0 spiro atoms. The molecule has 33 heavy (non-hydrogen) atoms. The van der Waals surface area contributed by atoms with E-state index in [-0.39, 0.29) is 18.0 Å². The fourth-order valence-corrected chi connectivity index (χ4v) is 3.35. The van der Waals surface area contributed by atoms with Crippen molar-refractivity contribution in [1.82, 2.24) is 0 Å². The van der Waals surface area contributed by atoms with Crippen LogP contribution in [0, 0.1) is 45.9 Å². The third-order valence-electron chi connectivity index (χ3n) is 5.23. The van der Waals surface area contributed by atoms with Gasteiger partial charge in [-0.05, 0) is 92.3 Å². The summed E-state index contributed by atoms with van der Waals surface area (Å²) < 4.78 is 24.6. The largest absolute Gasteiger partial charge is 0.325 e. The molecule has 0 atom stereocenters. The van der Waals surface area contributed by atoms with Crippen LogP contribution in [0.15, 0.2) is 59.0 Å². The molecule has 0 radical (unpaired) electrons. The SMILES string of the molecule is Cc1cc(C)c(C)cc1C.Cc1ccc(N=S(=O)=O)cc1NC(=O)Cc1ccc(C#N)cc1. The Morgan fingerprint density at radius 2 is 1.39 bits per heavy atom. The third kappa shape index (κ3) is 8.02. The zero-order chi connectivity index (χ0) is 24.5. The number of nitrogens with one attached hydrogen (secondary N) is 1. The van der Waals surface area contributed by atoms with Crippen LogP contribution in [-0.4, -0.2) is 14.3 Å². The second kappa shape index (κ2) is 11.7. The Morgan fingerprint density at radius 1 is 0.848 bits per heavy atom. The van der Waals surface area contributed by atoms with Gasteiger partial charge in [-0.2, -0.15) is 13.7 Å². The number of nitrogens with zero attached hydrogens (tertiary/aromatic N) is 2. The number of amides is 1. The highest BCUT2D eigenvalue weighted by Gasteiger charge is 2.07. The van der Waals surface area contributed by atoms with Crippen LogP contribution >= 0.6 is 0 Å². The van der Waals surface area contributed by atoms with Gasteiger partial charge in [0.05, 0.1) is 23.7 Å². The van der Waals surface area contributed by atoms with Crippen molar-refractivity contribution in [1.29, 1.82) is 5.26 Å². The van der Waals surface area contributed by atoms with Crippen LogP contribution in [-0.2, 0) is 21.7 Å². The number of carbonyl (C=O) groups excluding carboxylic acids is 1. The van der Waals surface area contributed by atoms with E-state index < -0.39 is 10.5 Å². The second-order valence-corrected chi connectivity index (χ2v) is 8.48. The standard InChI is InChI=1S/C16H13N3O3S.C10H14/c1-11-2-7-14(19-23(21)22)9-15(11)18-16(20)8-12-3-5-13(10-17)6-4-12;1-7-5-9(3)10(4)6-8(7)2/h2-7,9H,8H2,1H3,(H,18,20);5-6H,1-4H3. The minimum Gasteiger partial charge on any atom is -0.325 e. The van der Waals surface area contributed by atoms with Gasteiger partial charge < -0.3 is 5.32 Å². The maximum Gasteiger partial charge on any atom is 0.316 e. The zero-order valence-electron chi connectivity index (χ0n) is 19.4. The predicted molar refractivity (Wildman–Crippen MR) is 131 cm³/mol. The first-order chi connectivity index (χ1) is 15.6. The highest BCUT2D eigenvalue weighted by Crippen LogP contribution is 2.22. The summed E-state index contributed by atoms with van der Waals surface area (Å²) in [7, 11) is -2.54. The zero-order valence-corrected chi connectivity index (χ0v) is 20.2. The summed E-state index contributed by atoms with van der Waals surface area (Å²) in [4.78, 5) is 12.1. The summed E-state index contributed by atoms with van der Waals surface area (Å²) in [5, 5.41) is 11.5. The number of anilines is 1. The summed E-state index contributed by atoms with van der Waals surface area (Å²) in [6.07, 6.45) is 0.153. The maximum atomic E-state index is 12.1. The highest BCUT2D eigenvalue weighted by atomic mass is 32.2. The van der Waals surface area contributed by atoms with Crippen LogP contribution in [0.25, 0.3) is 0 Å².